The van der Waals surface area contributed by atoms with Crippen molar-refractivity contribution in [3.8, 4) is 11.5 Å². The lowest BCUT2D eigenvalue weighted by Crippen LogP contribution is -2.05. The second kappa shape index (κ2) is 6.76. The molecular weight excluding hydrogens is 330 g/mol. The Balaban J connectivity index is 1.95. The van der Waals surface area contributed by atoms with Gasteiger partial charge in [0.25, 0.3) is 0 Å². The quantitative estimate of drug-likeness (QED) is 0.627. The van der Waals surface area contributed by atoms with E-state index in [1.54, 1.807) is 62.8 Å². The normalized spacial score (nSPS) is 15.2. The maximum absolute atomic E-state index is 12.1. The highest BCUT2D eigenvalue weighted by atomic mass is 35.5. The molecule has 5 nitrogen and oxygen atoms in total. The monoisotopic (exact) mass is 343 g/mol. The molecule has 122 valence electrons. The summed E-state index contributed by atoms with van der Waals surface area (Å²) in [5, 5.41) is 0.599. The maximum Gasteiger partial charge on any atom is 0.363 e. The van der Waals surface area contributed by atoms with Crippen LogP contribution in [0.4, 0.5) is 0 Å². The van der Waals surface area contributed by atoms with Gasteiger partial charge in [-0.05, 0) is 42.5 Å². The van der Waals surface area contributed by atoms with Crippen molar-refractivity contribution in [3.05, 3.63) is 64.3 Å². The molecule has 0 unspecified atom stereocenters. The summed E-state index contributed by atoms with van der Waals surface area (Å²) in [6, 6.07) is 12.2. The van der Waals surface area contributed by atoms with E-state index in [-0.39, 0.29) is 11.6 Å². The van der Waals surface area contributed by atoms with Gasteiger partial charge in [0.2, 0.25) is 5.90 Å². The van der Waals surface area contributed by atoms with E-state index in [2.05, 4.69) is 4.99 Å². The molecule has 6 heteroatoms. The first-order valence-electron chi connectivity index (χ1n) is 7.11. The minimum absolute atomic E-state index is 0.198. The number of hydrogen-bond donors (Lipinski definition) is 0. The first-order valence-corrected chi connectivity index (χ1v) is 7.49. The maximum atomic E-state index is 12.1. The van der Waals surface area contributed by atoms with Gasteiger partial charge in [-0.15, -0.1) is 0 Å². The minimum atomic E-state index is -0.516. The zero-order chi connectivity index (χ0) is 17.1. The van der Waals surface area contributed by atoms with Crippen LogP contribution in [0.15, 0.2) is 53.2 Å². The van der Waals surface area contributed by atoms with Gasteiger partial charge in [-0.25, -0.2) is 9.79 Å². The fraction of sp³-hybridized carbons (Fsp3) is 0.111. The number of carbonyl (C=O) groups excluding carboxylic acids is 1. The zero-order valence-electron chi connectivity index (χ0n) is 13.1. The van der Waals surface area contributed by atoms with E-state index in [0.29, 0.717) is 27.6 Å². The Labute approximate surface area is 144 Å². The van der Waals surface area contributed by atoms with E-state index >= 15 is 0 Å². The second-order valence-corrected chi connectivity index (χ2v) is 5.39. The Bertz CT molecular complexity index is 841. The summed E-state index contributed by atoms with van der Waals surface area (Å²) in [5.74, 6) is 0.964. The Hall–Kier alpha value is -2.79. The third kappa shape index (κ3) is 3.26. The summed E-state index contributed by atoms with van der Waals surface area (Å²) in [4.78, 5) is 16.3. The summed E-state index contributed by atoms with van der Waals surface area (Å²) in [6.07, 6.45) is 1.61. The molecule has 2 aromatic rings. The average molecular weight is 344 g/mol. The van der Waals surface area contributed by atoms with E-state index in [1.807, 2.05) is 0 Å². The standard InChI is InChI=1S/C18H14ClNO4/c1-22-14-8-5-12(16(10-14)23-2)9-15-18(21)24-17(20-15)11-3-6-13(19)7-4-11/h3-10H,1-2H3/b15-9-. The van der Waals surface area contributed by atoms with Crippen LogP contribution in [0.25, 0.3) is 6.08 Å². The van der Waals surface area contributed by atoms with Gasteiger partial charge in [0.05, 0.1) is 14.2 Å². The molecule has 24 heavy (non-hydrogen) atoms. The van der Waals surface area contributed by atoms with E-state index in [4.69, 9.17) is 25.8 Å². The number of ether oxygens (including phenoxy) is 3. The van der Waals surface area contributed by atoms with Crippen LogP contribution >= 0.6 is 11.6 Å². The van der Waals surface area contributed by atoms with E-state index in [9.17, 15) is 4.79 Å². The van der Waals surface area contributed by atoms with Crippen molar-refractivity contribution < 1.29 is 19.0 Å². The van der Waals surface area contributed by atoms with Gasteiger partial charge < -0.3 is 14.2 Å². The predicted molar refractivity (Wildman–Crippen MR) is 91.6 cm³/mol. The first kappa shape index (κ1) is 16.1. The third-order valence-electron chi connectivity index (χ3n) is 3.44. The molecule has 0 N–H and O–H groups in total. The summed E-state index contributed by atoms with van der Waals surface area (Å²) in [7, 11) is 3.12. The summed E-state index contributed by atoms with van der Waals surface area (Å²) in [6.45, 7) is 0. The number of methoxy groups -OCH3 is 2. The number of aliphatic imine (C=N–C) groups is 1. The van der Waals surface area contributed by atoms with Crippen molar-refractivity contribution in [2.45, 2.75) is 0 Å². The number of nitrogens with zero attached hydrogens (tertiary/aromatic N) is 1. The van der Waals surface area contributed by atoms with Gasteiger partial charge in [0.1, 0.15) is 11.5 Å². The van der Waals surface area contributed by atoms with Crippen molar-refractivity contribution >= 4 is 29.5 Å². The Kier molecular flexibility index (Phi) is 4.53. The van der Waals surface area contributed by atoms with E-state index in [1.165, 1.54) is 0 Å². The molecule has 3 rings (SSSR count). The average Bonchev–Trinajstić information content (AvgIpc) is 2.96. The highest BCUT2D eigenvalue weighted by Crippen LogP contribution is 2.28. The molecule has 0 aromatic heterocycles. The Morgan fingerprint density at radius 2 is 1.83 bits per heavy atom. The molecule has 0 saturated carbocycles. The van der Waals surface area contributed by atoms with Gasteiger partial charge in [-0.3, -0.25) is 0 Å². The van der Waals surface area contributed by atoms with Crippen molar-refractivity contribution in [3.63, 3.8) is 0 Å². The third-order valence-corrected chi connectivity index (χ3v) is 3.70. The summed E-state index contributed by atoms with van der Waals surface area (Å²) >= 11 is 5.86. The number of carbonyl (C=O) groups is 1. The minimum Gasteiger partial charge on any atom is -0.497 e. The number of benzene rings is 2. The topological polar surface area (TPSA) is 57.1 Å². The summed E-state index contributed by atoms with van der Waals surface area (Å²) < 4.78 is 15.7. The van der Waals surface area contributed by atoms with Crippen LogP contribution in [0.1, 0.15) is 11.1 Å². The molecule has 0 radical (unpaired) electrons. The second-order valence-electron chi connectivity index (χ2n) is 4.95. The van der Waals surface area contributed by atoms with Crippen LogP contribution in [-0.4, -0.2) is 26.1 Å². The lowest BCUT2D eigenvalue weighted by molar-refractivity contribution is -0.129. The van der Waals surface area contributed by atoms with E-state index in [0.717, 1.165) is 0 Å². The van der Waals surface area contributed by atoms with Crippen LogP contribution in [-0.2, 0) is 9.53 Å². The van der Waals surface area contributed by atoms with Gasteiger partial charge in [-0.2, -0.15) is 0 Å². The van der Waals surface area contributed by atoms with Crippen molar-refractivity contribution in [1.82, 2.24) is 0 Å². The number of hydrogen-bond acceptors (Lipinski definition) is 5. The Morgan fingerprint density at radius 1 is 1.08 bits per heavy atom. The highest BCUT2D eigenvalue weighted by molar-refractivity contribution is 6.30. The van der Waals surface area contributed by atoms with Crippen molar-refractivity contribution in [1.29, 1.82) is 0 Å². The fourth-order valence-corrected chi connectivity index (χ4v) is 2.34. The lowest BCUT2D eigenvalue weighted by Gasteiger charge is -2.07. The molecule has 0 bridgehead atoms. The van der Waals surface area contributed by atoms with Crippen LogP contribution < -0.4 is 9.47 Å². The van der Waals surface area contributed by atoms with Gasteiger partial charge >= 0.3 is 5.97 Å². The van der Waals surface area contributed by atoms with Crippen LogP contribution in [0.5, 0.6) is 11.5 Å². The molecule has 0 saturated heterocycles. The SMILES string of the molecule is COc1ccc(/C=C2\N=C(c3ccc(Cl)cc3)OC2=O)c(OC)c1. The molecular formula is C18H14ClNO4. The largest absolute Gasteiger partial charge is 0.497 e. The van der Waals surface area contributed by atoms with Crippen molar-refractivity contribution in [2.24, 2.45) is 4.99 Å². The van der Waals surface area contributed by atoms with Crippen LogP contribution in [0.2, 0.25) is 5.02 Å². The predicted octanol–water partition coefficient (Wildman–Crippen LogP) is 3.70. The van der Waals surface area contributed by atoms with Gasteiger partial charge in [0.15, 0.2) is 5.70 Å². The number of cyclic esters (lactones) is 1. The number of rotatable bonds is 4. The molecule has 0 fully saturated rings. The number of halogens is 1. The zero-order valence-corrected chi connectivity index (χ0v) is 13.8. The van der Waals surface area contributed by atoms with Crippen molar-refractivity contribution in [2.75, 3.05) is 14.2 Å². The highest BCUT2D eigenvalue weighted by Gasteiger charge is 2.24. The van der Waals surface area contributed by atoms with Crippen LogP contribution in [0, 0.1) is 0 Å². The van der Waals surface area contributed by atoms with Gasteiger partial charge in [0, 0.05) is 22.2 Å². The molecule has 2 aromatic carbocycles. The van der Waals surface area contributed by atoms with Crippen LogP contribution in [0.3, 0.4) is 0 Å². The number of esters is 1. The smallest absolute Gasteiger partial charge is 0.363 e. The van der Waals surface area contributed by atoms with Gasteiger partial charge in [-0.1, -0.05) is 11.6 Å². The molecule has 1 aliphatic rings. The Morgan fingerprint density at radius 3 is 2.50 bits per heavy atom. The molecule has 0 aliphatic carbocycles. The summed E-state index contributed by atoms with van der Waals surface area (Å²) in [5.41, 5.74) is 1.58. The molecule has 1 aliphatic heterocycles. The van der Waals surface area contributed by atoms with E-state index < -0.39 is 5.97 Å². The fourth-order valence-electron chi connectivity index (χ4n) is 2.21. The molecule has 0 amide bonds. The lowest BCUT2D eigenvalue weighted by atomic mass is 10.1. The molecule has 1 heterocycles. The molecule has 0 spiro atoms. The molecule has 0 atom stereocenters. The first-order chi connectivity index (χ1) is 11.6.